The molecule has 0 saturated carbocycles. The number of benzene rings is 1. The van der Waals surface area contributed by atoms with Crippen LogP contribution in [0.1, 0.15) is 6.92 Å². The maximum atomic E-state index is 12.4. The molecule has 1 amide bonds. The van der Waals surface area contributed by atoms with Crippen LogP contribution in [0, 0.1) is 0 Å². The molecule has 0 spiro atoms. The van der Waals surface area contributed by atoms with Gasteiger partial charge in [-0.1, -0.05) is 23.5 Å². The number of aromatic nitrogens is 2. The molecule has 100 valence electrons. The molecule has 0 radical (unpaired) electrons. The number of carbonyl (C=O) groups excluding carboxylic acids is 1. The van der Waals surface area contributed by atoms with Crippen molar-refractivity contribution in [3.8, 4) is 10.6 Å². The molecule has 0 bridgehead atoms. The summed E-state index contributed by atoms with van der Waals surface area (Å²) in [6.07, 6.45) is 1.36. The van der Waals surface area contributed by atoms with Gasteiger partial charge in [0.15, 0.2) is 5.01 Å². The Bertz CT molecular complexity index is 853. The van der Waals surface area contributed by atoms with Crippen LogP contribution in [-0.4, -0.2) is 16.1 Å². The number of rotatable bonds is 2. The average molecular weight is 287 g/mol. The van der Waals surface area contributed by atoms with E-state index in [0.717, 1.165) is 11.3 Å². The number of nitrogens with zero attached hydrogens (tertiary/aromatic N) is 2. The molecule has 20 heavy (non-hydrogen) atoms. The summed E-state index contributed by atoms with van der Waals surface area (Å²) in [5.74, 6) is -0.238. The van der Waals surface area contributed by atoms with Gasteiger partial charge in [-0.05, 0) is 12.1 Å². The Balaban J connectivity index is 2.10. The molecule has 7 heteroatoms. The molecule has 1 N–H and O–H groups in total. The fraction of sp³-hybridized carbons (Fsp3) is 0.0769. The van der Waals surface area contributed by atoms with E-state index >= 15 is 0 Å². The summed E-state index contributed by atoms with van der Waals surface area (Å²) in [5.41, 5.74) is 0.683. The molecule has 0 aliphatic rings. The van der Waals surface area contributed by atoms with E-state index in [1.807, 2.05) is 0 Å². The first kappa shape index (κ1) is 12.5. The molecule has 3 rings (SSSR count). The Hall–Kier alpha value is -2.54. The van der Waals surface area contributed by atoms with Gasteiger partial charge in [-0.15, -0.1) is 10.2 Å². The van der Waals surface area contributed by atoms with Gasteiger partial charge in [0, 0.05) is 6.92 Å². The first-order valence-corrected chi connectivity index (χ1v) is 6.59. The van der Waals surface area contributed by atoms with Crippen LogP contribution in [0.5, 0.6) is 0 Å². The van der Waals surface area contributed by atoms with Crippen LogP contribution < -0.4 is 10.7 Å². The third-order valence-corrected chi connectivity index (χ3v) is 3.49. The van der Waals surface area contributed by atoms with Crippen LogP contribution in [0.15, 0.2) is 39.7 Å². The topological polar surface area (TPSA) is 85.1 Å². The summed E-state index contributed by atoms with van der Waals surface area (Å²) in [6, 6.07) is 6.99. The van der Waals surface area contributed by atoms with Gasteiger partial charge in [-0.3, -0.25) is 9.59 Å². The van der Waals surface area contributed by atoms with E-state index in [1.165, 1.54) is 13.2 Å². The maximum absolute atomic E-state index is 12.4. The normalized spacial score (nSPS) is 10.7. The lowest BCUT2D eigenvalue weighted by molar-refractivity contribution is -0.114. The number of carbonyl (C=O) groups is 1. The van der Waals surface area contributed by atoms with Gasteiger partial charge in [0.25, 0.3) is 0 Å². The van der Waals surface area contributed by atoms with E-state index in [4.69, 9.17) is 4.42 Å². The summed E-state index contributed by atoms with van der Waals surface area (Å²) in [6.45, 7) is 1.38. The summed E-state index contributed by atoms with van der Waals surface area (Å²) in [5, 5.41) is 11.5. The summed E-state index contributed by atoms with van der Waals surface area (Å²) >= 11 is 1.12. The molecule has 6 nitrogen and oxygen atoms in total. The van der Waals surface area contributed by atoms with Crippen molar-refractivity contribution in [1.29, 1.82) is 0 Å². The van der Waals surface area contributed by atoms with Crippen molar-refractivity contribution in [3.63, 3.8) is 0 Å². The smallest absolute Gasteiger partial charge is 0.223 e. The van der Waals surface area contributed by atoms with E-state index in [1.54, 1.807) is 24.3 Å². The minimum Gasteiger partial charge on any atom is -0.463 e. The predicted molar refractivity (Wildman–Crippen MR) is 75.7 cm³/mol. The monoisotopic (exact) mass is 287 g/mol. The summed E-state index contributed by atoms with van der Waals surface area (Å²) in [4.78, 5) is 23.3. The second-order valence-corrected chi connectivity index (χ2v) is 5.05. The Morgan fingerprint density at radius 1 is 1.30 bits per heavy atom. The Morgan fingerprint density at radius 2 is 2.10 bits per heavy atom. The maximum Gasteiger partial charge on any atom is 0.223 e. The van der Waals surface area contributed by atoms with E-state index in [2.05, 4.69) is 15.5 Å². The SMILES string of the molecule is CC(=O)Nc1nnc(-c2coc3ccccc3c2=O)s1. The second-order valence-electron chi connectivity index (χ2n) is 4.07. The first-order chi connectivity index (χ1) is 9.65. The van der Waals surface area contributed by atoms with Gasteiger partial charge in [0.1, 0.15) is 11.8 Å². The Morgan fingerprint density at radius 3 is 2.90 bits per heavy atom. The van der Waals surface area contributed by atoms with Gasteiger partial charge in [-0.25, -0.2) is 0 Å². The highest BCUT2D eigenvalue weighted by atomic mass is 32.1. The van der Waals surface area contributed by atoms with Crippen LogP contribution in [-0.2, 0) is 4.79 Å². The molecule has 0 fully saturated rings. The van der Waals surface area contributed by atoms with Crippen molar-refractivity contribution in [2.75, 3.05) is 5.32 Å². The molecule has 0 unspecified atom stereocenters. The number of para-hydroxylation sites is 1. The van der Waals surface area contributed by atoms with Crippen LogP contribution in [0.25, 0.3) is 21.5 Å². The predicted octanol–water partition coefficient (Wildman–Crippen LogP) is 2.27. The van der Waals surface area contributed by atoms with E-state index in [-0.39, 0.29) is 11.3 Å². The second kappa shape index (κ2) is 4.86. The first-order valence-electron chi connectivity index (χ1n) is 5.77. The standard InChI is InChI=1S/C13H9N3O3S/c1-7(17)14-13-16-15-12(20-13)9-6-19-10-5-3-2-4-8(10)11(9)18/h2-6H,1H3,(H,14,16,17). The molecule has 0 aliphatic carbocycles. The van der Waals surface area contributed by atoms with Gasteiger partial charge < -0.3 is 9.73 Å². The minimum absolute atomic E-state index is 0.169. The molecular formula is C13H9N3O3S. The van der Waals surface area contributed by atoms with Crippen molar-refractivity contribution in [1.82, 2.24) is 10.2 Å². The summed E-state index contributed by atoms with van der Waals surface area (Å²) in [7, 11) is 0. The zero-order valence-electron chi connectivity index (χ0n) is 10.4. The number of hydrogen-bond donors (Lipinski definition) is 1. The molecule has 3 aromatic rings. The quantitative estimate of drug-likeness (QED) is 0.781. The average Bonchev–Trinajstić information content (AvgIpc) is 2.87. The van der Waals surface area contributed by atoms with Crippen LogP contribution in [0.2, 0.25) is 0 Å². The number of nitrogens with one attached hydrogen (secondary N) is 1. The number of amides is 1. The Labute approximate surface area is 117 Å². The van der Waals surface area contributed by atoms with E-state index in [0.29, 0.717) is 26.7 Å². The van der Waals surface area contributed by atoms with Gasteiger partial charge in [-0.2, -0.15) is 0 Å². The molecule has 0 aliphatic heterocycles. The summed E-state index contributed by atoms with van der Waals surface area (Å²) < 4.78 is 5.42. The third-order valence-electron chi connectivity index (χ3n) is 2.62. The lowest BCUT2D eigenvalue weighted by Gasteiger charge is -1.98. The minimum atomic E-state index is -0.238. The van der Waals surface area contributed by atoms with Crippen molar-refractivity contribution >= 4 is 33.3 Å². The third kappa shape index (κ3) is 2.19. The van der Waals surface area contributed by atoms with Crippen molar-refractivity contribution in [2.24, 2.45) is 0 Å². The largest absolute Gasteiger partial charge is 0.463 e. The van der Waals surface area contributed by atoms with Crippen LogP contribution in [0.3, 0.4) is 0 Å². The molecule has 2 aromatic heterocycles. The molecule has 0 saturated heterocycles. The van der Waals surface area contributed by atoms with Crippen molar-refractivity contribution in [3.05, 3.63) is 40.8 Å². The highest BCUT2D eigenvalue weighted by molar-refractivity contribution is 7.18. The van der Waals surface area contributed by atoms with Crippen LogP contribution in [0.4, 0.5) is 5.13 Å². The fourth-order valence-corrected chi connectivity index (χ4v) is 2.55. The lowest BCUT2D eigenvalue weighted by Crippen LogP contribution is -2.04. The number of anilines is 1. The van der Waals surface area contributed by atoms with Crippen molar-refractivity contribution in [2.45, 2.75) is 6.92 Å². The fourth-order valence-electron chi connectivity index (χ4n) is 1.76. The lowest BCUT2D eigenvalue weighted by atomic mass is 10.2. The van der Waals surface area contributed by atoms with E-state index < -0.39 is 0 Å². The van der Waals surface area contributed by atoms with Gasteiger partial charge in [0.2, 0.25) is 16.5 Å². The highest BCUT2D eigenvalue weighted by Crippen LogP contribution is 2.25. The van der Waals surface area contributed by atoms with Gasteiger partial charge >= 0.3 is 0 Å². The van der Waals surface area contributed by atoms with Crippen molar-refractivity contribution < 1.29 is 9.21 Å². The molecule has 0 atom stereocenters. The Kier molecular flexibility index (Phi) is 3.03. The molecular weight excluding hydrogens is 278 g/mol. The van der Waals surface area contributed by atoms with E-state index in [9.17, 15) is 9.59 Å². The number of hydrogen-bond acceptors (Lipinski definition) is 6. The van der Waals surface area contributed by atoms with Crippen LogP contribution >= 0.6 is 11.3 Å². The zero-order chi connectivity index (χ0) is 14.1. The highest BCUT2D eigenvalue weighted by Gasteiger charge is 2.13. The molecule has 2 heterocycles. The molecule has 1 aromatic carbocycles. The number of fused-ring (bicyclic) bond motifs is 1. The zero-order valence-corrected chi connectivity index (χ0v) is 11.2. The van der Waals surface area contributed by atoms with Gasteiger partial charge in [0.05, 0.1) is 10.9 Å².